The van der Waals surface area contributed by atoms with Gasteiger partial charge in [-0.15, -0.1) is 0 Å². The van der Waals surface area contributed by atoms with Gasteiger partial charge < -0.3 is 15.3 Å². The van der Waals surface area contributed by atoms with Gasteiger partial charge in [-0.3, -0.25) is 4.79 Å². The molecule has 0 aliphatic rings. The van der Waals surface area contributed by atoms with Crippen molar-refractivity contribution in [1.29, 1.82) is 0 Å². The Morgan fingerprint density at radius 1 is 1.45 bits per heavy atom. The van der Waals surface area contributed by atoms with E-state index >= 15 is 0 Å². The third-order valence-electron chi connectivity index (χ3n) is 4.03. The fourth-order valence-corrected chi connectivity index (χ4v) is 2.60. The molecule has 4 heteroatoms. The minimum atomic E-state index is -0.907. The van der Waals surface area contributed by atoms with Gasteiger partial charge in [-0.05, 0) is 52.8 Å². The van der Waals surface area contributed by atoms with Crippen LogP contribution < -0.4 is 10.2 Å². The topological polar surface area (TPSA) is 52.6 Å². The van der Waals surface area contributed by atoms with Crippen LogP contribution in [0.15, 0.2) is 24.3 Å². The molecule has 0 bridgehead atoms. The average Bonchev–Trinajstić information content (AvgIpc) is 2.41. The fraction of sp³-hybridized carbons (Fsp3) is 0.562. The van der Waals surface area contributed by atoms with Gasteiger partial charge in [0.25, 0.3) is 0 Å². The third-order valence-corrected chi connectivity index (χ3v) is 4.03. The Morgan fingerprint density at radius 2 is 2.05 bits per heavy atom. The highest BCUT2D eigenvalue weighted by Crippen LogP contribution is 2.25. The Morgan fingerprint density at radius 3 is 2.50 bits per heavy atom. The van der Waals surface area contributed by atoms with Crippen molar-refractivity contribution in [2.24, 2.45) is 0 Å². The minimum absolute atomic E-state index is 0.134. The second-order valence-corrected chi connectivity index (χ2v) is 5.51. The molecule has 1 aromatic rings. The smallest absolute Gasteiger partial charge is 0.323 e. The zero-order chi connectivity index (χ0) is 15.3. The van der Waals surface area contributed by atoms with E-state index in [0.717, 1.165) is 6.54 Å². The molecular weight excluding hydrogens is 252 g/mol. The van der Waals surface area contributed by atoms with Crippen LogP contribution in [0.25, 0.3) is 0 Å². The van der Waals surface area contributed by atoms with Crippen LogP contribution in [0.3, 0.4) is 0 Å². The quantitative estimate of drug-likeness (QED) is 0.805. The molecule has 112 valence electrons. The van der Waals surface area contributed by atoms with Crippen LogP contribution in [0.2, 0.25) is 0 Å². The zero-order valence-electron chi connectivity index (χ0n) is 13.1. The summed E-state index contributed by atoms with van der Waals surface area (Å²) in [6.07, 6.45) is 0.543. The molecule has 2 N–H and O–H groups in total. The zero-order valence-corrected chi connectivity index (χ0v) is 13.1. The summed E-state index contributed by atoms with van der Waals surface area (Å²) in [5.41, 5.74) is 1.48. The standard InChI is InChI=1S/C16H26N2O2/c1-6-18(14-10-8-7-9-12(14)2)13(3)11-16(4,17-5)15(19)20/h7-10,13,17H,6,11H2,1-5H3,(H,19,20). The molecule has 1 aromatic carbocycles. The van der Waals surface area contributed by atoms with Crippen LogP contribution in [-0.2, 0) is 4.79 Å². The Bertz CT molecular complexity index is 462. The molecule has 0 amide bonds. The average molecular weight is 278 g/mol. The number of carboxylic acid groups (broad SMARTS) is 1. The monoisotopic (exact) mass is 278 g/mol. The Hall–Kier alpha value is -1.55. The first-order valence-corrected chi connectivity index (χ1v) is 7.10. The lowest BCUT2D eigenvalue weighted by atomic mass is 9.92. The van der Waals surface area contributed by atoms with Crippen molar-refractivity contribution in [3.8, 4) is 0 Å². The number of nitrogens with zero attached hydrogens (tertiary/aromatic N) is 1. The molecule has 0 saturated carbocycles. The first kappa shape index (κ1) is 16.5. The molecule has 1 rings (SSSR count). The van der Waals surface area contributed by atoms with Gasteiger partial charge in [-0.1, -0.05) is 18.2 Å². The SMILES string of the molecule is CCN(c1ccccc1C)C(C)CC(C)(NC)C(=O)O. The maximum atomic E-state index is 11.4. The molecule has 0 radical (unpaired) electrons. The first-order chi connectivity index (χ1) is 9.35. The van der Waals surface area contributed by atoms with Crippen LogP contribution in [-0.4, -0.2) is 36.2 Å². The van der Waals surface area contributed by atoms with Crippen molar-refractivity contribution in [3.05, 3.63) is 29.8 Å². The molecule has 2 unspecified atom stereocenters. The number of aliphatic carboxylic acids is 1. The lowest BCUT2D eigenvalue weighted by Crippen LogP contribution is -2.52. The molecule has 0 spiro atoms. The van der Waals surface area contributed by atoms with Gasteiger partial charge in [-0.25, -0.2) is 0 Å². The predicted molar refractivity (Wildman–Crippen MR) is 83.4 cm³/mol. The van der Waals surface area contributed by atoms with Gasteiger partial charge in [0.1, 0.15) is 5.54 Å². The highest BCUT2D eigenvalue weighted by Gasteiger charge is 2.34. The molecule has 2 atom stereocenters. The Labute approximate surface area is 121 Å². The van der Waals surface area contributed by atoms with E-state index in [0.29, 0.717) is 6.42 Å². The van der Waals surface area contributed by atoms with Crippen molar-refractivity contribution >= 4 is 11.7 Å². The van der Waals surface area contributed by atoms with Gasteiger partial charge in [0.2, 0.25) is 0 Å². The maximum Gasteiger partial charge on any atom is 0.323 e. The summed E-state index contributed by atoms with van der Waals surface area (Å²) < 4.78 is 0. The van der Waals surface area contributed by atoms with E-state index in [9.17, 15) is 9.90 Å². The van der Waals surface area contributed by atoms with Gasteiger partial charge in [0, 0.05) is 18.3 Å². The van der Waals surface area contributed by atoms with E-state index < -0.39 is 11.5 Å². The van der Waals surface area contributed by atoms with Crippen molar-refractivity contribution in [3.63, 3.8) is 0 Å². The van der Waals surface area contributed by atoms with E-state index in [2.05, 4.69) is 43.1 Å². The van der Waals surface area contributed by atoms with E-state index in [1.165, 1.54) is 11.3 Å². The molecule has 0 fully saturated rings. The Balaban J connectivity index is 2.96. The summed E-state index contributed by atoms with van der Waals surface area (Å²) in [6.45, 7) is 8.84. The molecule has 4 nitrogen and oxygen atoms in total. The van der Waals surface area contributed by atoms with Gasteiger partial charge in [0.05, 0.1) is 0 Å². The van der Waals surface area contributed by atoms with Crippen molar-refractivity contribution < 1.29 is 9.90 Å². The maximum absolute atomic E-state index is 11.4. The number of hydrogen-bond acceptors (Lipinski definition) is 3. The summed E-state index contributed by atoms with van der Waals surface area (Å²) in [6, 6.07) is 8.35. The number of rotatable bonds is 7. The highest BCUT2D eigenvalue weighted by atomic mass is 16.4. The molecule has 0 saturated heterocycles. The van der Waals surface area contributed by atoms with Crippen LogP contribution in [0.5, 0.6) is 0 Å². The molecule has 0 aliphatic carbocycles. The van der Waals surface area contributed by atoms with Crippen LogP contribution in [0.1, 0.15) is 32.8 Å². The fourth-order valence-electron chi connectivity index (χ4n) is 2.60. The van der Waals surface area contributed by atoms with Crippen molar-refractivity contribution in [2.45, 2.75) is 45.7 Å². The molecule has 0 heterocycles. The second kappa shape index (κ2) is 6.75. The van der Waals surface area contributed by atoms with E-state index in [1.807, 2.05) is 12.1 Å². The van der Waals surface area contributed by atoms with E-state index in [4.69, 9.17) is 0 Å². The van der Waals surface area contributed by atoms with Gasteiger partial charge in [-0.2, -0.15) is 0 Å². The van der Waals surface area contributed by atoms with Gasteiger partial charge in [0.15, 0.2) is 0 Å². The molecule has 0 aliphatic heterocycles. The Kier molecular flexibility index (Phi) is 5.57. The molecule has 20 heavy (non-hydrogen) atoms. The van der Waals surface area contributed by atoms with Crippen molar-refractivity contribution in [2.75, 3.05) is 18.5 Å². The number of nitrogens with one attached hydrogen (secondary N) is 1. The minimum Gasteiger partial charge on any atom is -0.480 e. The number of para-hydroxylation sites is 1. The number of benzene rings is 1. The number of aryl methyl sites for hydroxylation is 1. The lowest BCUT2D eigenvalue weighted by Gasteiger charge is -2.36. The predicted octanol–water partition coefficient (Wildman–Crippen LogP) is 2.66. The summed E-state index contributed by atoms with van der Waals surface area (Å²) >= 11 is 0. The summed E-state index contributed by atoms with van der Waals surface area (Å²) in [5.74, 6) is -0.812. The van der Waals surface area contributed by atoms with Crippen LogP contribution in [0, 0.1) is 6.92 Å². The highest BCUT2D eigenvalue weighted by molar-refractivity contribution is 5.78. The second-order valence-electron chi connectivity index (χ2n) is 5.51. The first-order valence-electron chi connectivity index (χ1n) is 7.10. The van der Waals surface area contributed by atoms with Crippen LogP contribution in [0.4, 0.5) is 5.69 Å². The van der Waals surface area contributed by atoms with E-state index in [1.54, 1.807) is 14.0 Å². The molecule has 0 aromatic heterocycles. The normalized spacial score (nSPS) is 15.4. The van der Waals surface area contributed by atoms with Crippen LogP contribution >= 0.6 is 0 Å². The summed E-state index contributed by atoms with van der Waals surface area (Å²) in [7, 11) is 1.70. The summed E-state index contributed by atoms with van der Waals surface area (Å²) in [4.78, 5) is 13.7. The van der Waals surface area contributed by atoms with Gasteiger partial charge >= 0.3 is 5.97 Å². The number of anilines is 1. The number of likely N-dealkylation sites (N-methyl/N-ethyl adjacent to an activating group) is 1. The number of hydrogen-bond donors (Lipinski definition) is 2. The largest absolute Gasteiger partial charge is 0.480 e. The number of carbonyl (C=O) groups is 1. The third kappa shape index (κ3) is 3.51. The van der Waals surface area contributed by atoms with E-state index in [-0.39, 0.29) is 6.04 Å². The summed E-state index contributed by atoms with van der Waals surface area (Å²) in [5, 5.41) is 12.3. The molecular formula is C16H26N2O2. The number of carboxylic acids is 1. The lowest BCUT2D eigenvalue weighted by molar-refractivity contribution is -0.144. The van der Waals surface area contributed by atoms with Crippen molar-refractivity contribution in [1.82, 2.24) is 5.32 Å².